The second-order valence-corrected chi connectivity index (χ2v) is 16.0. The minimum atomic E-state index is -1.68. The van der Waals surface area contributed by atoms with Gasteiger partial charge in [0.15, 0.2) is 0 Å². The van der Waals surface area contributed by atoms with Gasteiger partial charge < -0.3 is 78.0 Å². The normalized spacial score (nSPS) is 20.0. The van der Waals surface area contributed by atoms with E-state index in [1.54, 1.807) is 13.8 Å². The minimum Gasteiger partial charge on any atom is -0.480 e. The van der Waals surface area contributed by atoms with Crippen molar-refractivity contribution in [1.82, 2.24) is 51.7 Å². The van der Waals surface area contributed by atoms with Crippen LogP contribution in [-0.2, 0) is 49.6 Å². The number of hydrogen-bond donors (Lipinski definition) is 13. The fourth-order valence-electron chi connectivity index (χ4n) is 7.09. The molecule has 25 heteroatoms. The molecular formula is C38H61N11O14. The van der Waals surface area contributed by atoms with Gasteiger partial charge in [0, 0.05) is 31.4 Å². The Bertz CT molecular complexity index is 1780. The highest BCUT2D eigenvalue weighted by Crippen LogP contribution is 2.26. The van der Waals surface area contributed by atoms with Crippen LogP contribution in [0.2, 0.25) is 0 Å². The summed E-state index contributed by atoms with van der Waals surface area (Å²) in [4.78, 5) is 128. The summed E-state index contributed by atoms with van der Waals surface area (Å²) in [6.45, 7) is 3.53. The monoisotopic (exact) mass is 895 g/mol. The molecule has 0 aromatic carbocycles. The number of carboxylic acid groups (broad SMARTS) is 1. The first-order valence-corrected chi connectivity index (χ1v) is 20.6. The van der Waals surface area contributed by atoms with Gasteiger partial charge in [0.05, 0.1) is 32.3 Å². The van der Waals surface area contributed by atoms with Crippen molar-refractivity contribution in [3.63, 3.8) is 0 Å². The summed E-state index contributed by atoms with van der Waals surface area (Å²) in [6.07, 6.45) is 2.39. The van der Waals surface area contributed by atoms with E-state index < -0.39 is 134 Å². The molecule has 3 rings (SSSR count). The number of carbonyl (C=O) groups is 9. The van der Waals surface area contributed by atoms with Gasteiger partial charge in [-0.3, -0.25) is 43.2 Å². The summed E-state index contributed by atoms with van der Waals surface area (Å²) in [6, 6.07) is -12.4. The molecule has 2 aliphatic heterocycles. The second kappa shape index (κ2) is 24.2. The number of nitrogens with one attached hydrogen (secondary N) is 7. The number of amides is 8. The summed E-state index contributed by atoms with van der Waals surface area (Å²) in [5.41, 5.74) is 5.96. The minimum absolute atomic E-state index is 0.0488. The number of H-pyrrole nitrogens is 1. The Morgan fingerprint density at radius 1 is 0.730 bits per heavy atom. The Balaban J connectivity index is 1.76. The maximum atomic E-state index is 14.2. The molecule has 14 N–H and O–H groups in total. The standard InChI is InChI=1S/C38H61N11O14/c1-18(2)11-23(31(55)46-26(16-52)33(57)47-29(20(4)53)35(59)42-19(3)38(62)63)43-34(58)27-7-5-9-48(27)37(61)28-8-6-10-49(28)36(60)24(12-21-13-40-17-41-21)44-32(56)25(15-51)45-30(54)22(39)14-50/h13,17-20,22-29,50-53H,5-12,14-16,39H2,1-4H3,(H,40,41)(H,42,59)(H,43,58)(H,44,56)(H,45,54)(H,46,55)(H,47,57)(H,62,63)/t19-,20+,22-,23-,24-,25-,26-,27-,28-,29-/m0/s1. The van der Waals surface area contributed by atoms with Crippen molar-refractivity contribution in [3.8, 4) is 0 Å². The number of carboxylic acids is 1. The number of aliphatic hydroxyl groups excluding tert-OH is 4. The summed E-state index contributed by atoms with van der Waals surface area (Å²) >= 11 is 0. The third-order valence-electron chi connectivity index (χ3n) is 10.5. The number of aromatic amines is 1. The molecule has 2 fully saturated rings. The van der Waals surface area contributed by atoms with Crippen LogP contribution >= 0.6 is 0 Å². The number of nitrogens with zero attached hydrogens (tertiary/aromatic N) is 3. The first-order valence-electron chi connectivity index (χ1n) is 20.6. The van der Waals surface area contributed by atoms with Crippen molar-refractivity contribution in [2.75, 3.05) is 32.9 Å². The maximum Gasteiger partial charge on any atom is 0.325 e. The number of carbonyl (C=O) groups excluding carboxylic acids is 8. The van der Waals surface area contributed by atoms with Crippen LogP contribution in [0.3, 0.4) is 0 Å². The van der Waals surface area contributed by atoms with Crippen LogP contribution in [0.15, 0.2) is 12.5 Å². The summed E-state index contributed by atoms with van der Waals surface area (Å²) < 4.78 is 0. The Labute approximate surface area is 362 Å². The molecule has 25 nitrogen and oxygen atoms in total. The van der Waals surface area contributed by atoms with Gasteiger partial charge in [0.1, 0.15) is 54.4 Å². The Morgan fingerprint density at radius 2 is 1.29 bits per heavy atom. The van der Waals surface area contributed by atoms with Crippen molar-refractivity contribution >= 4 is 53.2 Å². The number of likely N-dealkylation sites (tertiary alicyclic amines) is 2. The summed E-state index contributed by atoms with van der Waals surface area (Å²) in [5, 5.41) is 62.4. The van der Waals surface area contributed by atoms with E-state index in [-0.39, 0.29) is 44.7 Å². The largest absolute Gasteiger partial charge is 0.480 e. The highest BCUT2D eigenvalue weighted by atomic mass is 16.4. The van der Waals surface area contributed by atoms with E-state index in [1.807, 2.05) is 0 Å². The van der Waals surface area contributed by atoms with E-state index in [1.165, 1.54) is 22.3 Å². The van der Waals surface area contributed by atoms with E-state index in [0.717, 1.165) is 13.8 Å². The first kappa shape index (κ1) is 51.6. The van der Waals surface area contributed by atoms with Gasteiger partial charge in [0.2, 0.25) is 47.3 Å². The molecule has 0 spiro atoms. The number of rotatable bonds is 23. The molecule has 0 bridgehead atoms. The van der Waals surface area contributed by atoms with Crippen molar-refractivity contribution in [3.05, 3.63) is 18.2 Å². The van der Waals surface area contributed by atoms with Gasteiger partial charge in [-0.05, 0) is 51.9 Å². The van der Waals surface area contributed by atoms with Crippen molar-refractivity contribution in [2.24, 2.45) is 11.7 Å². The number of aromatic nitrogens is 2. The molecule has 2 saturated heterocycles. The van der Waals surface area contributed by atoms with E-state index >= 15 is 0 Å². The Morgan fingerprint density at radius 3 is 1.83 bits per heavy atom. The van der Waals surface area contributed by atoms with E-state index in [4.69, 9.17) is 10.8 Å². The quantitative estimate of drug-likeness (QED) is 0.0486. The first-order chi connectivity index (χ1) is 29.7. The molecule has 1 aromatic rings. The number of hydrogen-bond acceptors (Lipinski definition) is 15. The topological polar surface area (TPSA) is 388 Å². The highest BCUT2D eigenvalue weighted by molar-refractivity contribution is 5.98. The molecule has 0 saturated carbocycles. The predicted octanol–water partition coefficient (Wildman–Crippen LogP) is -6.32. The molecule has 0 unspecified atom stereocenters. The SMILES string of the molecule is CC(C)C[C@H](NC(=O)[C@@H]1CCCN1C(=O)[C@@H]1CCCN1C(=O)[C@H](Cc1cnc[nH]1)NC(=O)[C@H](CO)NC(=O)[C@@H](N)CO)C(=O)N[C@@H](CO)C(=O)N[C@H](C(=O)N[C@@H](C)C(=O)O)[C@@H](C)O. The molecule has 10 atom stereocenters. The smallest absolute Gasteiger partial charge is 0.325 e. The summed E-state index contributed by atoms with van der Waals surface area (Å²) in [5.74, 6) is -8.40. The van der Waals surface area contributed by atoms with Crippen molar-refractivity contribution < 1.29 is 68.7 Å². The van der Waals surface area contributed by atoms with Gasteiger partial charge in [0.25, 0.3) is 0 Å². The predicted molar refractivity (Wildman–Crippen MR) is 217 cm³/mol. The van der Waals surface area contributed by atoms with Gasteiger partial charge in [-0.1, -0.05) is 13.8 Å². The third-order valence-corrected chi connectivity index (χ3v) is 10.5. The molecule has 63 heavy (non-hydrogen) atoms. The average molecular weight is 896 g/mol. The number of aliphatic hydroxyl groups is 4. The Kier molecular flexibility index (Phi) is 19.8. The lowest BCUT2D eigenvalue weighted by molar-refractivity contribution is -0.148. The zero-order valence-corrected chi connectivity index (χ0v) is 35.6. The van der Waals surface area contributed by atoms with Crippen LogP contribution < -0.4 is 37.6 Å². The van der Waals surface area contributed by atoms with Crippen LogP contribution in [0.5, 0.6) is 0 Å². The van der Waals surface area contributed by atoms with Crippen LogP contribution in [0.1, 0.15) is 65.5 Å². The van der Waals surface area contributed by atoms with Gasteiger partial charge in [-0.15, -0.1) is 0 Å². The zero-order chi connectivity index (χ0) is 47.1. The lowest BCUT2D eigenvalue weighted by atomic mass is 10.0. The molecule has 0 radical (unpaired) electrons. The Hall–Kier alpha value is -5.76. The van der Waals surface area contributed by atoms with Gasteiger partial charge in [-0.25, -0.2) is 4.98 Å². The van der Waals surface area contributed by atoms with Crippen molar-refractivity contribution in [2.45, 2.75) is 127 Å². The molecule has 1 aromatic heterocycles. The molecule has 2 aliphatic rings. The molecule has 352 valence electrons. The van der Waals surface area contributed by atoms with E-state index in [2.05, 4.69) is 41.9 Å². The molecule has 3 heterocycles. The second-order valence-electron chi connectivity index (χ2n) is 16.0. The lowest BCUT2D eigenvalue weighted by Crippen LogP contribution is -2.61. The number of imidazole rings is 1. The van der Waals surface area contributed by atoms with Gasteiger partial charge in [-0.2, -0.15) is 0 Å². The van der Waals surface area contributed by atoms with Crippen molar-refractivity contribution in [1.29, 1.82) is 0 Å². The zero-order valence-electron chi connectivity index (χ0n) is 35.6. The fourth-order valence-corrected chi connectivity index (χ4v) is 7.09. The van der Waals surface area contributed by atoms with Crippen LogP contribution in [0.25, 0.3) is 0 Å². The molecule has 0 aliphatic carbocycles. The summed E-state index contributed by atoms with van der Waals surface area (Å²) in [7, 11) is 0. The van der Waals surface area contributed by atoms with Crippen LogP contribution in [0, 0.1) is 5.92 Å². The lowest BCUT2D eigenvalue weighted by Gasteiger charge is -2.33. The van der Waals surface area contributed by atoms with Gasteiger partial charge >= 0.3 is 5.97 Å². The van der Waals surface area contributed by atoms with Crippen LogP contribution in [0.4, 0.5) is 0 Å². The van der Waals surface area contributed by atoms with E-state index in [9.17, 15) is 63.6 Å². The third kappa shape index (κ3) is 14.4. The number of aliphatic carboxylic acids is 1. The average Bonchev–Trinajstić information content (AvgIpc) is 4.05. The fraction of sp³-hybridized carbons (Fsp3) is 0.684. The van der Waals surface area contributed by atoms with E-state index in [0.29, 0.717) is 18.5 Å². The number of nitrogens with two attached hydrogens (primary N) is 1. The molecular weight excluding hydrogens is 834 g/mol. The molecule has 8 amide bonds. The highest BCUT2D eigenvalue weighted by Gasteiger charge is 2.45. The maximum absolute atomic E-state index is 14.2. The van der Waals surface area contributed by atoms with Crippen LogP contribution in [-0.4, -0.2) is 192 Å².